The fraction of sp³-hybridized carbons (Fsp3) is 0.435. The first kappa shape index (κ1) is 24.4. The van der Waals surface area contributed by atoms with Crippen LogP contribution in [0.25, 0.3) is 0 Å². The Bertz CT molecular complexity index is 1240. The van der Waals surface area contributed by atoms with Gasteiger partial charge >= 0.3 is 12.1 Å². The molecule has 1 aliphatic carbocycles. The van der Waals surface area contributed by atoms with Crippen LogP contribution in [0.4, 0.5) is 22.0 Å². The van der Waals surface area contributed by atoms with Gasteiger partial charge in [-0.3, -0.25) is 4.79 Å². The van der Waals surface area contributed by atoms with Crippen LogP contribution in [0.15, 0.2) is 41.3 Å². The number of esters is 1. The molecule has 0 bridgehead atoms. The topological polar surface area (TPSA) is 69.7 Å². The second-order valence-electron chi connectivity index (χ2n) is 8.77. The molecule has 0 aromatic heterocycles. The van der Waals surface area contributed by atoms with E-state index in [-0.39, 0.29) is 19.3 Å². The third-order valence-electron chi connectivity index (χ3n) is 7.08. The fourth-order valence-electron chi connectivity index (χ4n) is 5.40. The molecular formula is C23H21F5O5S. The number of fused-ring (bicyclic) bond motifs is 3. The molecule has 2 aliphatic rings. The van der Waals surface area contributed by atoms with Gasteiger partial charge in [0.25, 0.3) is 0 Å². The molecule has 184 valence electrons. The van der Waals surface area contributed by atoms with Gasteiger partial charge in [0.15, 0.2) is 21.4 Å². The summed E-state index contributed by atoms with van der Waals surface area (Å²) in [5, 5.41) is 0. The van der Waals surface area contributed by atoms with E-state index in [1.807, 2.05) is 0 Å². The Morgan fingerprint density at radius 1 is 1.06 bits per heavy atom. The van der Waals surface area contributed by atoms with Crippen LogP contribution in [0.5, 0.6) is 5.75 Å². The summed E-state index contributed by atoms with van der Waals surface area (Å²) in [4.78, 5) is 12.3. The number of carbonyl (C=O) groups is 1. The van der Waals surface area contributed by atoms with Gasteiger partial charge in [-0.05, 0) is 56.2 Å². The van der Waals surface area contributed by atoms with Crippen molar-refractivity contribution >= 4 is 15.8 Å². The van der Waals surface area contributed by atoms with Gasteiger partial charge < -0.3 is 9.47 Å². The number of hydrogen-bond donors (Lipinski definition) is 0. The van der Waals surface area contributed by atoms with E-state index in [1.54, 1.807) is 0 Å². The van der Waals surface area contributed by atoms with Crippen LogP contribution in [0.2, 0.25) is 0 Å². The number of hydrogen-bond acceptors (Lipinski definition) is 5. The van der Waals surface area contributed by atoms with Crippen LogP contribution in [-0.4, -0.2) is 28.1 Å². The van der Waals surface area contributed by atoms with Crippen molar-refractivity contribution in [1.29, 1.82) is 0 Å². The van der Waals surface area contributed by atoms with Crippen LogP contribution in [0, 0.1) is 23.0 Å². The van der Waals surface area contributed by atoms with E-state index in [0.717, 1.165) is 31.4 Å². The quantitative estimate of drug-likeness (QED) is 0.434. The molecule has 0 amide bonds. The highest BCUT2D eigenvalue weighted by Gasteiger charge is 2.66. The molecule has 0 N–H and O–H groups in total. The minimum absolute atomic E-state index is 0.136. The molecule has 4 rings (SSSR count). The van der Waals surface area contributed by atoms with Gasteiger partial charge in [-0.1, -0.05) is 6.42 Å². The molecule has 1 aliphatic heterocycles. The molecule has 2 aromatic rings. The van der Waals surface area contributed by atoms with E-state index in [2.05, 4.69) is 0 Å². The average molecular weight is 504 g/mol. The van der Waals surface area contributed by atoms with Crippen molar-refractivity contribution in [2.75, 3.05) is 13.7 Å². The summed E-state index contributed by atoms with van der Waals surface area (Å²) < 4.78 is 106. The lowest BCUT2D eigenvalue weighted by atomic mass is 9.59. The summed E-state index contributed by atoms with van der Waals surface area (Å²) in [6.07, 6.45) is -4.55. The Morgan fingerprint density at radius 3 is 2.26 bits per heavy atom. The monoisotopic (exact) mass is 504 g/mol. The fourth-order valence-corrected chi connectivity index (χ4v) is 7.89. The SMILES string of the molecule is COC(=O)C1(C)CCC[C@@]2(S(=O)(=O)c3ccc(C(F)(F)F)cc3)c3c(F)ccc(F)c3OC[C@@H]12. The third kappa shape index (κ3) is 3.30. The minimum Gasteiger partial charge on any atom is -0.490 e. The zero-order valence-corrected chi connectivity index (χ0v) is 19.0. The zero-order valence-electron chi connectivity index (χ0n) is 18.2. The first-order chi connectivity index (χ1) is 15.8. The third-order valence-corrected chi connectivity index (χ3v) is 9.62. The van der Waals surface area contributed by atoms with Crippen LogP contribution in [0.1, 0.15) is 37.3 Å². The first-order valence-corrected chi connectivity index (χ1v) is 11.9. The molecule has 0 radical (unpaired) electrons. The van der Waals surface area contributed by atoms with Crippen molar-refractivity contribution in [3.8, 4) is 5.75 Å². The van der Waals surface area contributed by atoms with E-state index in [9.17, 15) is 30.8 Å². The van der Waals surface area contributed by atoms with Gasteiger partial charge in [-0.15, -0.1) is 0 Å². The molecule has 0 saturated heterocycles. The first-order valence-electron chi connectivity index (χ1n) is 10.4. The lowest BCUT2D eigenvalue weighted by molar-refractivity contribution is -0.161. The van der Waals surface area contributed by atoms with Gasteiger partial charge in [-0.2, -0.15) is 13.2 Å². The van der Waals surface area contributed by atoms with Crippen LogP contribution < -0.4 is 4.74 Å². The lowest BCUT2D eigenvalue weighted by Gasteiger charge is -2.53. The second-order valence-corrected chi connectivity index (χ2v) is 11.0. The van der Waals surface area contributed by atoms with Crippen molar-refractivity contribution in [2.24, 2.45) is 11.3 Å². The summed E-state index contributed by atoms with van der Waals surface area (Å²) in [5.41, 5.74) is -3.06. The average Bonchev–Trinajstić information content (AvgIpc) is 2.80. The van der Waals surface area contributed by atoms with Crippen molar-refractivity contribution in [3.05, 3.63) is 59.2 Å². The van der Waals surface area contributed by atoms with E-state index in [4.69, 9.17) is 9.47 Å². The van der Waals surface area contributed by atoms with Crippen molar-refractivity contribution < 1.29 is 44.6 Å². The largest absolute Gasteiger partial charge is 0.490 e. The number of rotatable bonds is 3. The van der Waals surface area contributed by atoms with E-state index in [0.29, 0.717) is 12.1 Å². The molecule has 3 atom stereocenters. The summed E-state index contributed by atoms with van der Waals surface area (Å²) >= 11 is 0. The lowest BCUT2D eigenvalue weighted by Crippen LogP contribution is -2.59. The Balaban J connectivity index is 2.02. The molecule has 2 aromatic carbocycles. The molecule has 1 unspecified atom stereocenters. The summed E-state index contributed by atoms with van der Waals surface area (Å²) in [6, 6.07) is 4.39. The minimum atomic E-state index is -4.70. The number of ether oxygens (including phenoxy) is 2. The predicted octanol–water partition coefficient (Wildman–Crippen LogP) is 5.02. The maximum atomic E-state index is 15.3. The van der Waals surface area contributed by atoms with Crippen LogP contribution >= 0.6 is 0 Å². The number of alkyl halides is 3. The van der Waals surface area contributed by atoms with Gasteiger partial charge in [-0.25, -0.2) is 17.2 Å². The van der Waals surface area contributed by atoms with Gasteiger partial charge in [0, 0.05) is 5.92 Å². The van der Waals surface area contributed by atoms with Crippen molar-refractivity contribution in [3.63, 3.8) is 0 Å². The number of halogens is 5. The van der Waals surface area contributed by atoms with Crippen molar-refractivity contribution in [1.82, 2.24) is 0 Å². The highest BCUT2D eigenvalue weighted by atomic mass is 32.2. The van der Waals surface area contributed by atoms with Crippen LogP contribution in [0.3, 0.4) is 0 Å². The molecule has 0 spiro atoms. The standard InChI is InChI=1S/C23H21F5O5S/c1-21(20(29)32-2)10-3-11-22(17(21)12-33-19-16(25)9-8-15(24)18(19)22)34(30,31)14-6-4-13(5-7-14)23(26,27)28/h4-9,17H,3,10-12H2,1-2H3/t17-,21?,22-/m0/s1. The highest BCUT2D eigenvalue weighted by Crippen LogP contribution is 2.61. The number of methoxy groups -OCH3 is 1. The predicted molar refractivity (Wildman–Crippen MR) is 110 cm³/mol. The summed E-state index contributed by atoms with van der Waals surface area (Å²) in [5.74, 6) is -4.56. The van der Waals surface area contributed by atoms with Crippen molar-refractivity contribution in [2.45, 2.75) is 42.0 Å². The Hall–Kier alpha value is -2.69. The van der Waals surface area contributed by atoms with E-state index < -0.39 is 78.1 Å². The molecule has 1 saturated carbocycles. The molecule has 1 fully saturated rings. The van der Waals surface area contributed by atoms with Gasteiger partial charge in [0.05, 0.1) is 35.2 Å². The molecule has 1 heterocycles. The second kappa shape index (κ2) is 7.93. The van der Waals surface area contributed by atoms with E-state index in [1.165, 1.54) is 6.92 Å². The number of benzene rings is 2. The Kier molecular flexibility index (Phi) is 5.70. The number of carbonyl (C=O) groups excluding carboxylic acids is 1. The normalized spacial score (nSPS) is 26.7. The maximum absolute atomic E-state index is 15.3. The maximum Gasteiger partial charge on any atom is 0.416 e. The summed E-state index contributed by atoms with van der Waals surface area (Å²) in [6.45, 7) is 1.05. The van der Waals surface area contributed by atoms with Gasteiger partial charge in [0.1, 0.15) is 10.6 Å². The summed E-state index contributed by atoms with van der Waals surface area (Å²) in [7, 11) is -3.54. The van der Waals surface area contributed by atoms with Gasteiger partial charge in [0.2, 0.25) is 0 Å². The molecule has 34 heavy (non-hydrogen) atoms. The Labute approximate surface area is 192 Å². The highest BCUT2D eigenvalue weighted by molar-refractivity contribution is 7.92. The van der Waals surface area contributed by atoms with E-state index >= 15 is 4.39 Å². The Morgan fingerprint density at radius 2 is 1.68 bits per heavy atom. The number of sulfone groups is 1. The zero-order chi connectivity index (χ0) is 25.1. The molecule has 5 nitrogen and oxygen atoms in total. The smallest absolute Gasteiger partial charge is 0.416 e. The molecular weight excluding hydrogens is 483 g/mol. The van der Waals surface area contributed by atoms with Crippen LogP contribution in [-0.2, 0) is 30.3 Å². The molecule has 11 heteroatoms.